The summed E-state index contributed by atoms with van der Waals surface area (Å²) in [5, 5.41) is 0.0415. The molecule has 6 heteroatoms. The third kappa shape index (κ3) is 2.52. The zero-order valence-corrected chi connectivity index (χ0v) is 12.5. The number of hydrogen-bond donors (Lipinski definition) is 1. The molecule has 0 aromatic heterocycles. The Kier molecular flexibility index (Phi) is 3.93. The van der Waals surface area contributed by atoms with Gasteiger partial charge in [-0.05, 0) is 17.7 Å². The Morgan fingerprint density at radius 3 is 2.42 bits per heavy atom. The maximum atomic E-state index is 12.1. The van der Waals surface area contributed by atoms with E-state index in [-0.39, 0.29) is 18.3 Å². The van der Waals surface area contributed by atoms with E-state index in [4.69, 9.17) is 22.1 Å². The third-order valence-electron chi connectivity index (χ3n) is 3.72. The first-order valence-corrected chi connectivity index (χ1v) is 8.21. The number of ether oxygens (including phenoxy) is 1. The summed E-state index contributed by atoms with van der Waals surface area (Å²) < 4.78 is 29.4. The molecule has 0 spiro atoms. The molecule has 3 atom stereocenters. The molecule has 1 fully saturated rings. The van der Waals surface area contributed by atoms with Crippen LogP contribution in [0.15, 0.2) is 24.3 Å². The Morgan fingerprint density at radius 2 is 1.95 bits per heavy atom. The van der Waals surface area contributed by atoms with E-state index in [9.17, 15) is 8.42 Å². The van der Waals surface area contributed by atoms with Crippen LogP contribution in [0, 0.1) is 0 Å². The maximum Gasteiger partial charge on any atom is 0.155 e. The van der Waals surface area contributed by atoms with Crippen LogP contribution >= 0.6 is 11.6 Å². The fraction of sp³-hybridized carbons (Fsp3) is 0.538. The van der Waals surface area contributed by atoms with Gasteiger partial charge in [0.1, 0.15) is 0 Å². The highest BCUT2D eigenvalue weighted by atomic mass is 35.5. The van der Waals surface area contributed by atoms with Crippen molar-refractivity contribution in [2.75, 3.05) is 19.5 Å². The van der Waals surface area contributed by atoms with Crippen molar-refractivity contribution >= 4 is 21.4 Å². The van der Waals surface area contributed by atoms with E-state index in [1.807, 2.05) is 12.1 Å². The van der Waals surface area contributed by atoms with Crippen LogP contribution in [0.3, 0.4) is 0 Å². The minimum atomic E-state index is -3.20. The summed E-state index contributed by atoms with van der Waals surface area (Å²) in [6.45, 7) is 1.87. The zero-order valence-electron chi connectivity index (χ0n) is 11.0. The summed E-state index contributed by atoms with van der Waals surface area (Å²) in [5.41, 5.74) is 6.30. The van der Waals surface area contributed by atoms with Gasteiger partial charge in [0, 0.05) is 23.8 Å². The lowest BCUT2D eigenvalue weighted by molar-refractivity contribution is 0.171. The molecular formula is C13H18ClNO3S. The van der Waals surface area contributed by atoms with E-state index in [0.29, 0.717) is 5.02 Å². The average molecular weight is 304 g/mol. The highest BCUT2D eigenvalue weighted by molar-refractivity contribution is 7.92. The Hall–Kier alpha value is -0.620. The molecule has 19 heavy (non-hydrogen) atoms. The van der Waals surface area contributed by atoms with Gasteiger partial charge < -0.3 is 10.5 Å². The summed E-state index contributed by atoms with van der Waals surface area (Å²) >= 11 is 5.85. The summed E-state index contributed by atoms with van der Waals surface area (Å²) in [7, 11) is -1.67. The van der Waals surface area contributed by atoms with E-state index in [2.05, 4.69) is 0 Å². The molecule has 4 nitrogen and oxygen atoms in total. The Morgan fingerprint density at radius 1 is 1.37 bits per heavy atom. The zero-order chi connectivity index (χ0) is 14.3. The second kappa shape index (κ2) is 5.05. The van der Waals surface area contributed by atoms with Crippen LogP contribution < -0.4 is 5.73 Å². The van der Waals surface area contributed by atoms with Gasteiger partial charge >= 0.3 is 0 Å². The number of rotatable bonds is 5. The fourth-order valence-electron chi connectivity index (χ4n) is 2.72. The summed E-state index contributed by atoms with van der Waals surface area (Å²) in [5.74, 6) is -0.139. The highest BCUT2D eigenvalue weighted by Crippen LogP contribution is 2.54. The molecular weight excluding hydrogens is 286 g/mol. The molecule has 0 unspecified atom stereocenters. The van der Waals surface area contributed by atoms with Gasteiger partial charge in [-0.2, -0.15) is 0 Å². The first-order valence-electron chi connectivity index (χ1n) is 6.11. The third-order valence-corrected chi connectivity index (χ3v) is 6.26. The quantitative estimate of drug-likeness (QED) is 0.897. The standard InChI is InChI=1S/C13H18ClNO3S/c1-3-19(16,17)12-11(13(12,15)8-18-2)9-4-6-10(14)7-5-9/h4-7,11-12H,3,8,15H2,1-2H3/t11-,12+,13+/m1/s1. The fourth-order valence-corrected chi connectivity index (χ4v) is 4.84. The second-order valence-electron chi connectivity index (χ2n) is 4.95. The van der Waals surface area contributed by atoms with Crippen LogP contribution in [0.1, 0.15) is 18.4 Å². The van der Waals surface area contributed by atoms with Crippen molar-refractivity contribution in [2.45, 2.75) is 23.6 Å². The van der Waals surface area contributed by atoms with Crippen LogP contribution in [-0.2, 0) is 14.6 Å². The van der Waals surface area contributed by atoms with Crippen LogP contribution in [0.4, 0.5) is 0 Å². The Labute approximate surface area is 118 Å². The van der Waals surface area contributed by atoms with Gasteiger partial charge in [0.15, 0.2) is 9.84 Å². The van der Waals surface area contributed by atoms with E-state index in [1.54, 1.807) is 19.1 Å². The Balaban J connectivity index is 2.36. The Bertz CT molecular complexity index is 558. The molecule has 2 rings (SSSR count). The minimum Gasteiger partial charge on any atom is -0.383 e. The number of methoxy groups -OCH3 is 1. The molecule has 0 heterocycles. The first kappa shape index (κ1) is 14.8. The summed E-state index contributed by atoms with van der Waals surface area (Å²) in [6, 6.07) is 7.15. The van der Waals surface area contributed by atoms with E-state index in [1.165, 1.54) is 7.11 Å². The lowest BCUT2D eigenvalue weighted by Gasteiger charge is -2.10. The van der Waals surface area contributed by atoms with Crippen molar-refractivity contribution in [2.24, 2.45) is 5.73 Å². The predicted octanol–water partition coefficient (Wildman–Crippen LogP) is 1.58. The number of nitrogens with two attached hydrogens (primary N) is 1. The SMILES string of the molecule is CCS(=O)(=O)[C@H]1[C@@H](c2ccc(Cl)cc2)[C@@]1(N)COC. The van der Waals surface area contributed by atoms with Gasteiger partial charge in [0.2, 0.25) is 0 Å². The van der Waals surface area contributed by atoms with Gasteiger partial charge in [0.25, 0.3) is 0 Å². The number of halogens is 1. The largest absolute Gasteiger partial charge is 0.383 e. The van der Waals surface area contributed by atoms with E-state index < -0.39 is 20.6 Å². The summed E-state index contributed by atoms with van der Waals surface area (Å²) in [6.07, 6.45) is 0. The molecule has 1 aromatic rings. The lowest BCUT2D eigenvalue weighted by atomic mass is 10.1. The van der Waals surface area contributed by atoms with E-state index in [0.717, 1.165) is 5.56 Å². The van der Waals surface area contributed by atoms with Crippen molar-refractivity contribution in [3.05, 3.63) is 34.9 Å². The predicted molar refractivity (Wildman–Crippen MR) is 76.2 cm³/mol. The van der Waals surface area contributed by atoms with Crippen molar-refractivity contribution in [1.82, 2.24) is 0 Å². The normalized spacial score (nSPS) is 30.3. The number of sulfone groups is 1. The van der Waals surface area contributed by atoms with Crippen LogP contribution in [0.5, 0.6) is 0 Å². The van der Waals surface area contributed by atoms with Crippen molar-refractivity contribution in [1.29, 1.82) is 0 Å². The molecule has 106 valence electrons. The van der Waals surface area contributed by atoms with Crippen molar-refractivity contribution in [3.63, 3.8) is 0 Å². The second-order valence-corrected chi connectivity index (χ2v) is 7.79. The molecule has 2 N–H and O–H groups in total. The number of hydrogen-bond acceptors (Lipinski definition) is 4. The minimum absolute atomic E-state index is 0.0877. The molecule has 1 aliphatic carbocycles. The molecule has 1 saturated carbocycles. The number of benzene rings is 1. The molecule has 1 aliphatic rings. The molecule has 0 bridgehead atoms. The average Bonchev–Trinajstić information content (AvgIpc) is 2.97. The van der Waals surface area contributed by atoms with Gasteiger partial charge in [0.05, 0.1) is 17.4 Å². The van der Waals surface area contributed by atoms with E-state index >= 15 is 0 Å². The van der Waals surface area contributed by atoms with Crippen LogP contribution in [0.2, 0.25) is 5.02 Å². The topological polar surface area (TPSA) is 69.4 Å². The molecule has 1 aromatic carbocycles. The highest BCUT2D eigenvalue weighted by Gasteiger charge is 2.68. The first-order chi connectivity index (χ1) is 8.86. The van der Waals surface area contributed by atoms with Gasteiger partial charge in [-0.1, -0.05) is 30.7 Å². The lowest BCUT2D eigenvalue weighted by Crippen LogP contribution is -2.36. The van der Waals surface area contributed by atoms with Crippen molar-refractivity contribution < 1.29 is 13.2 Å². The van der Waals surface area contributed by atoms with Gasteiger partial charge in [-0.25, -0.2) is 8.42 Å². The van der Waals surface area contributed by atoms with Gasteiger partial charge in [-0.15, -0.1) is 0 Å². The van der Waals surface area contributed by atoms with Crippen LogP contribution in [0.25, 0.3) is 0 Å². The smallest absolute Gasteiger partial charge is 0.155 e. The summed E-state index contributed by atoms with van der Waals surface area (Å²) in [4.78, 5) is 0. The van der Waals surface area contributed by atoms with Crippen LogP contribution in [-0.4, -0.2) is 38.7 Å². The van der Waals surface area contributed by atoms with Crippen molar-refractivity contribution in [3.8, 4) is 0 Å². The molecule has 0 radical (unpaired) electrons. The maximum absolute atomic E-state index is 12.1. The monoisotopic (exact) mass is 303 g/mol. The van der Waals surface area contributed by atoms with Gasteiger partial charge in [-0.3, -0.25) is 0 Å². The molecule has 0 saturated heterocycles. The molecule has 0 amide bonds. The molecule has 0 aliphatic heterocycles.